The molecule has 3 heterocycles. The zero-order chi connectivity index (χ0) is 19.1. The summed E-state index contributed by atoms with van der Waals surface area (Å²) in [5, 5.41) is 4.07. The van der Waals surface area contributed by atoms with Crippen LogP contribution >= 0.6 is 0 Å². The van der Waals surface area contributed by atoms with Gasteiger partial charge in [-0.2, -0.15) is 4.98 Å². The third kappa shape index (κ3) is 2.90. The van der Waals surface area contributed by atoms with Gasteiger partial charge in [-0.3, -0.25) is 0 Å². The average Bonchev–Trinajstić information content (AvgIpc) is 3.35. The third-order valence-corrected chi connectivity index (χ3v) is 4.92. The first kappa shape index (κ1) is 16.8. The van der Waals surface area contributed by atoms with Crippen molar-refractivity contribution in [1.29, 1.82) is 0 Å². The second-order valence-electron chi connectivity index (χ2n) is 6.80. The summed E-state index contributed by atoms with van der Waals surface area (Å²) in [4.78, 5) is 8.92. The minimum Gasteiger partial charge on any atom is -0.365 e. The molecule has 0 aliphatic carbocycles. The highest BCUT2D eigenvalue weighted by molar-refractivity contribution is 5.59. The van der Waals surface area contributed by atoms with E-state index in [9.17, 15) is 4.39 Å². The van der Waals surface area contributed by atoms with E-state index in [0.29, 0.717) is 29.5 Å². The van der Waals surface area contributed by atoms with Crippen molar-refractivity contribution in [3.63, 3.8) is 0 Å². The predicted octanol–water partition coefficient (Wildman–Crippen LogP) is 4.32. The van der Waals surface area contributed by atoms with E-state index in [2.05, 4.69) is 15.1 Å². The summed E-state index contributed by atoms with van der Waals surface area (Å²) in [5.41, 5.74) is 4.02. The van der Waals surface area contributed by atoms with Crippen LogP contribution in [0, 0.1) is 12.7 Å². The van der Waals surface area contributed by atoms with Gasteiger partial charge in [0, 0.05) is 11.1 Å². The molecule has 1 aliphatic rings. The van der Waals surface area contributed by atoms with Crippen molar-refractivity contribution in [3.8, 4) is 23.0 Å². The lowest BCUT2D eigenvalue weighted by Gasteiger charge is -2.25. The van der Waals surface area contributed by atoms with Gasteiger partial charge in [-0.05, 0) is 13.0 Å². The number of fused-ring (bicyclic) bond motifs is 1. The molecular weight excluding hydrogens is 359 g/mol. The van der Waals surface area contributed by atoms with Crippen molar-refractivity contribution in [2.45, 2.75) is 26.2 Å². The Balaban J connectivity index is 1.43. The van der Waals surface area contributed by atoms with Crippen LogP contribution in [0.15, 0.2) is 59.4 Å². The molecule has 0 saturated carbocycles. The number of benzene rings is 2. The summed E-state index contributed by atoms with van der Waals surface area (Å²) in [7, 11) is 0. The summed E-state index contributed by atoms with van der Waals surface area (Å²) in [6.07, 6.45) is 1.35. The molecule has 0 bridgehead atoms. The molecule has 2 aromatic heterocycles. The van der Waals surface area contributed by atoms with Crippen LogP contribution in [0.2, 0.25) is 0 Å². The molecule has 6 nitrogen and oxygen atoms in total. The van der Waals surface area contributed by atoms with Gasteiger partial charge in [0.1, 0.15) is 11.9 Å². The first-order chi connectivity index (χ1) is 13.7. The Morgan fingerprint density at radius 2 is 1.93 bits per heavy atom. The van der Waals surface area contributed by atoms with Crippen LogP contribution in [0.5, 0.6) is 0 Å². The summed E-state index contributed by atoms with van der Waals surface area (Å²) in [6.45, 7) is 2.79. The van der Waals surface area contributed by atoms with Gasteiger partial charge >= 0.3 is 0 Å². The largest absolute Gasteiger partial charge is 0.365 e. The fraction of sp³-hybridized carbons (Fsp3) is 0.190. The zero-order valence-corrected chi connectivity index (χ0v) is 15.2. The molecule has 1 atom stereocenters. The lowest BCUT2D eigenvalue weighted by atomic mass is 10.1. The Morgan fingerprint density at radius 3 is 2.75 bits per heavy atom. The maximum absolute atomic E-state index is 14.1. The molecule has 0 saturated heterocycles. The summed E-state index contributed by atoms with van der Waals surface area (Å²) >= 11 is 0. The van der Waals surface area contributed by atoms with E-state index in [1.54, 1.807) is 18.5 Å². The van der Waals surface area contributed by atoms with Crippen LogP contribution in [0.1, 0.15) is 22.9 Å². The standard InChI is InChI=1S/C21H17FN4O2/c1-13-6-8-14(9-7-13)20-24-21(28-25-20)19-17-11-27-18(10-26(17)12-23-19)15-4-2-3-5-16(15)22/h2-9,12,18H,10-11H2,1H3/t18-/m0/s1. The molecule has 4 aromatic rings. The number of rotatable bonds is 3. The number of imidazole rings is 1. The molecule has 0 radical (unpaired) electrons. The van der Waals surface area contributed by atoms with Crippen molar-refractivity contribution in [1.82, 2.24) is 19.7 Å². The van der Waals surface area contributed by atoms with Crippen LogP contribution in [0.3, 0.4) is 0 Å². The number of hydrogen-bond acceptors (Lipinski definition) is 5. The highest BCUT2D eigenvalue weighted by atomic mass is 19.1. The summed E-state index contributed by atoms with van der Waals surface area (Å²) in [6, 6.07) is 14.6. The van der Waals surface area contributed by atoms with E-state index >= 15 is 0 Å². The third-order valence-electron chi connectivity index (χ3n) is 4.92. The maximum Gasteiger partial charge on any atom is 0.278 e. The minimum atomic E-state index is -0.360. The fourth-order valence-corrected chi connectivity index (χ4v) is 3.37. The summed E-state index contributed by atoms with van der Waals surface area (Å²) in [5.74, 6) is 0.589. The Hall–Kier alpha value is -3.32. The van der Waals surface area contributed by atoms with E-state index in [1.165, 1.54) is 6.07 Å². The average molecular weight is 376 g/mol. The number of aryl methyl sites for hydroxylation is 1. The van der Waals surface area contributed by atoms with E-state index in [1.807, 2.05) is 41.8 Å². The molecule has 0 fully saturated rings. The molecule has 28 heavy (non-hydrogen) atoms. The minimum absolute atomic E-state index is 0.268. The van der Waals surface area contributed by atoms with Gasteiger partial charge in [-0.15, -0.1) is 0 Å². The second kappa shape index (κ2) is 6.69. The molecule has 7 heteroatoms. The lowest BCUT2D eigenvalue weighted by Crippen LogP contribution is -2.21. The number of hydrogen-bond donors (Lipinski definition) is 0. The second-order valence-corrected chi connectivity index (χ2v) is 6.80. The van der Waals surface area contributed by atoms with Crippen molar-refractivity contribution in [2.75, 3.05) is 0 Å². The number of ether oxygens (including phenoxy) is 1. The van der Waals surface area contributed by atoms with Gasteiger partial charge in [0.2, 0.25) is 5.82 Å². The SMILES string of the molecule is Cc1ccc(-c2noc(-c3ncn4c3CO[C@H](c3ccccc3F)C4)n2)cc1. The summed E-state index contributed by atoms with van der Waals surface area (Å²) < 4.78 is 27.4. The Labute approximate surface area is 160 Å². The van der Waals surface area contributed by atoms with Crippen LogP contribution in [0.25, 0.3) is 23.0 Å². The molecule has 5 rings (SSSR count). The van der Waals surface area contributed by atoms with E-state index in [-0.39, 0.29) is 18.5 Å². The molecule has 140 valence electrons. The number of aromatic nitrogens is 4. The highest BCUT2D eigenvalue weighted by Gasteiger charge is 2.27. The van der Waals surface area contributed by atoms with Crippen molar-refractivity contribution in [3.05, 3.63) is 77.5 Å². The normalized spacial score (nSPS) is 16.1. The van der Waals surface area contributed by atoms with Crippen molar-refractivity contribution >= 4 is 0 Å². The van der Waals surface area contributed by atoms with Gasteiger partial charge in [0.05, 0.1) is 25.2 Å². The van der Waals surface area contributed by atoms with E-state index in [0.717, 1.165) is 16.8 Å². The first-order valence-electron chi connectivity index (χ1n) is 9.00. The monoisotopic (exact) mass is 376 g/mol. The smallest absolute Gasteiger partial charge is 0.278 e. The molecule has 0 amide bonds. The molecular formula is C21H17FN4O2. The molecule has 1 aliphatic heterocycles. The fourth-order valence-electron chi connectivity index (χ4n) is 3.37. The van der Waals surface area contributed by atoms with E-state index in [4.69, 9.17) is 9.26 Å². The van der Waals surface area contributed by atoms with Gasteiger partial charge in [-0.25, -0.2) is 9.37 Å². The molecule has 0 spiro atoms. The van der Waals surface area contributed by atoms with Crippen LogP contribution in [-0.4, -0.2) is 19.7 Å². The van der Waals surface area contributed by atoms with Crippen LogP contribution in [-0.2, 0) is 17.9 Å². The number of halogens is 1. The zero-order valence-electron chi connectivity index (χ0n) is 15.2. The van der Waals surface area contributed by atoms with Gasteiger partial charge in [0.15, 0.2) is 5.69 Å². The lowest BCUT2D eigenvalue weighted by molar-refractivity contribution is 0.00126. The first-order valence-corrected chi connectivity index (χ1v) is 9.00. The maximum atomic E-state index is 14.1. The Kier molecular flexibility index (Phi) is 4.02. The molecule has 0 unspecified atom stereocenters. The van der Waals surface area contributed by atoms with Crippen molar-refractivity contribution in [2.24, 2.45) is 0 Å². The Morgan fingerprint density at radius 1 is 1.11 bits per heavy atom. The predicted molar refractivity (Wildman–Crippen MR) is 99.6 cm³/mol. The topological polar surface area (TPSA) is 66.0 Å². The quantitative estimate of drug-likeness (QED) is 0.533. The van der Waals surface area contributed by atoms with Crippen LogP contribution in [0.4, 0.5) is 4.39 Å². The van der Waals surface area contributed by atoms with Crippen molar-refractivity contribution < 1.29 is 13.7 Å². The van der Waals surface area contributed by atoms with Crippen LogP contribution < -0.4 is 0 Å². The van der Waals surface area contributed by atoms with Gasteiger partial charge in [-0.1, -0.05) is 53.2 Å². The van der Waals surface area contributed by atoms with Gasteiger partial charge in [0.25, 0.3) is 5.89 Å². The molecule has 2 aromatic carbocycles. The van der Waals surface area contributed by atoms with E-state index < -0.39 is 0 Å². The number of nitrogens with zero attached hydrogens (tertiary/aromatic N) is 4. The Bertz CT molecular complexity index is 1130. The van der Waals surface area contributed by atoms with Gasteiger partial charge < -0.3 is 13.8 Å². The highest BCUT2D eigenvalue weighted by Crippen LogP contribution is 2.32. The molecule has 0 N–H and O–H groups in total.